The van der Waals surface area contributed by atoms with Gasteiger partial charge in [-0.05, 0) is 25.8 Å². The Balaban J connectivity index is 2.24. The van der Waals surface area contributed by atoms with Crippen LogP contribution in [0.4, 0.5) is 4.39 Å². The summed E-state index contributed by atoms with van der Waals surface area (Å²) in [5, 5.41) is 3.19. The van der Waals surface area contributed by atoms with Crippen LogP contribution in [0, 0.1) is 0 Å². The molecule has 1 aliphatic rings. The molecular formula is C8H16FN. The molecule has 1 N–H and O–H groups in total. The molecule has 0 saturated carbocycles. The quantitative estimate of drug-likeness (QED) is 0.625. The normalized spacial score (nSPS) is 30.0. The lowest BCUT2D eigenvalue weighted by atomic mass is 10.00. The molecule has 1 fully saturated rings. The molecule has 1 rings (SSSR count). The highest BCUT2D eigenvalue weighted by Crippen LogP contribution is 2.14. The van der Waals surface area contributed by atoms with Crippen molar-refractivity contribution in [2.75, 3.05) is 6.54 Å². The molecule has 1 nitrogen and oxygen atoms in total. The van der Waals surface area contributed by atoms with Crippen LogP contribution in [-0.2, 0) is 0 Å². The molecular weight excluding hydrogens is 129 g/mol. The molecule has 0 aromatic heterocycles. The van der Waals surface area contributed by atoms with E-state index in [0.29, 0.717) is 6.42 Å². The molecule has 60 valence electrons. The molecule has 1 saturated heterocycles. The molecule has 0 bridgehead atoms. The van der Waals surface area contributed by atoms with E-state index in [4.69, 9.17) is 0 Å². The summed E-state index contributed by atoms with van der Waals surface area (Å²) in [4.78, 5) is 0. The molecule has 0 aromatic carbocycles. The zero-order chi connectivity index (χ0) is 7.40. The minimum Gasteiger partial charge on any atom is -0.311 e. The van der Waals surface area contributed by atoms with Gasteiger partial charge in [-0.1, -0.05) is 13.3 Å². The monoisotopic (exact) mass is 145 g/mol. The Morgan fingerprint density at radius 1 is 1.60 bits per heavy atom. The highest BCUT2D eigenvalue weighted by atomic mass is 19.1. The molecule has 2 unspecified atom stereocenters. The maximum absolute atomic E-state index is 13.0. The Morgan fingerprint density at radius 3 is 2.90 bits per heavy atom. The zero-order valence-corrected chi connectivity index (χ0v) is 6.57. The van der Waals surface area contributed by atoms with E-state index >= 15 is 0 Å². The van der Waals surface area contributed by atoms with E-state index < -0.39 is 6.17 Å². The first kappa shape index (κ1) is 7.99. The summed E-state index contributed by atoms with van der Waals surface area (Å²) >= 11 is 0. The van der Waals surface area contributed by atoms with Crippen molar-refractivity contribution < 1.29 is 4.39 Å². The first-order chi connectivity index (χ1) is 4.84. The Bertz CT molecular complexity index is 89.3. The number of rotatable bonds is 2. The second kappa shape index (κ2) is 3.91. The minimum absolute atomic E-state index is 0.152. The van der Waals surface area contributed by atoms with Gasteiger partial charge in [0.15, 0.2) is 0 Å². The van der Waals surface area contributed by atoms with Gasteiger partial charge in [0.05, 0.1) is 0 Å². The number of piperidine rings is 1. The van der Waals surface area contributed by atoms with Crippen LogP contribution in [0.15, 0.2) is 0 Å². The van der Waals surface area contributed by atoms with Gasteiger partial charge in [-0.3, -0.25) is 0 Å². The van der Waals surface area contributed by atoms with Crippen LogP contribution in [0.1, 0.15) is 32.6 Å². The van der Waals surface area contributed by atoms with Crippen molar-refractivity contribution in [1.82, 2.24) is 5.32 Å². The van der Waals surface area contributed by atoms with Crippen molar-refractivity contribution in [2.45, 2.75) is 44.8 Å². The van der Waals surface area contributed by atoms with E-state index in [0.717, 1.165) is 13.0 Å². The van der Waals surface area contributed by atoms with E-state index in [1.54, 1.807) is 0 Å². The Labute approximate surface area is 62.0 Å². The largest absolute Gasteiger partial charge is 0.311 e. The number of alkyl halides is 1. The molecule has 1 aliphatic heterocycles. The lowest BCUT2D eigenvalue weighted by molar-refractivity contribution is 0.212. The minimum atomic E-state index is -0.625. The summed E-state index contributed by atoms with van der Waals surface area (Å²) in [7, 11) is 0. The van der Waals surface area contributed by atoms with Gasteiger partial charge in [0.2, 0.25) is 0 Å². The number of nitrogens with one attached hydrogen (secondary N) is 1. The lowest BCUT2D eigenvalue weighted by Gasteiger charge is -2.25. The predicted molar refractivity (Wildman–Crippen MR) is 40.8 cm³/mol. The summed E-state index contributed by atoms with van der Waals surface area (Å²) in [5.74, 6) is 0. The average Bonchev–Trinajstić information content (AvgIpc) is 2.05. The van der Waals surface area contributed by atoms with Crippen LogP contribution in [0.5, 0.6) is 0 Å². The van der Waals surface area contributed by atoms with E-state index in [2.05, 4.69) is 5.32 Å². The van der Waals surface area contributed by atoms with E-state index in [9.17, 15) is 4.39 Å². The summed E-state index contributed by atoms with van der Waals surface area (Å²) in [6.07, 6.45) is 3.46. The smallest absolute Gasteiger partial charge is 0.115 e. The van der Waals surface area contributed by atoms with Crippen LogP contribution < -0.4 is 5.32 Å². The average molecular weight is 145 g/mol. The SMILES string of the molecule is CCC(F)C1CCCCN1. The highest BCUT2D eigenvalue weighted by molar-refractivity contribution is 4.78. The number of halogens is 1. The second-order valence-corrected chi connectivity index (χ2v) is 2.98. The van der Waals surface area contributed by atoms with Gasteiger partial charge >= 0.3 is 0 Å². The van der Waals surface area contributed by atoms with Crippen LogP contribution in [0.3, 0.4) is 0 Å². The van der Waals surface area contributed by atoms with Gasteiger partial charge in [-0.25, -0.2) is 4.39 Å². The lowest BCUT2D eigenvalue weighted by Crippen LogP contribution is -2.40. The first-order valence-corrected chi connectivity index (χ1v) is 4.22. The predicted octanol–water partition coefficient (Wildman–Crippen LogP) is 1.88. The first-order valence-electron chi connectivity index (χ1n) is 4.22. The van der Waals surface area contributed by atoms with Gasteiger partial charge in [-0.2, -0.15) is 0 Å². The maximum Gasteiger partial charge on any atom is 0.115 e. The van der Waals surface area contributed by atoms with Gasteiger partial charge < -0.3 is 5.32 Å². The third kappa shape index (κ3) is 1.94. The Hall–Kier alpha value is -0.110. The molecule has 2 atom stereocenters. The molecule has 2 heteroatoms. The zero-order valence-electron chi connectivity index (χ0n) is 6.57. The van der Waals surface area contributed by atoms with E-state index in [1.807, 2.05) is 6.92 Å². The van der Waals surface area contributed by atoms with Gasteiger partial charge in [0.25, 0.3) is 0 Å². The number of hydrogen-bond donors (Lipinski definition) is 1. The van der Waals surface area contributed by atoms with Crippen molar-refractivity contribution in [3.05, 3.63) is 0 Å². The molecule has 10 heavy (non-hydrogen) atoms. The van der Waals surface area contributed by atoms with E-state index in [-0.39, 0.29) is 6.04 Å². The topological polar surface area (TPSA) is 12.0 Å². The molecule has 0 radical (unpaired) electrons. The van der Waals surface area contributed by atoms with Gasteiger partial charge in [0.1, 0.15) is 6.17 Å². The van der Waals surface area contributed by atoms with Crippen molar-refractivity contribution in [3.8, 4) is 0 Å². The number of hydrogen-bond acceptors (Lipinski definition) is 1. The Kier molecular flexibility index (Phi) is 3.13. The van der Waals surface area contributed by atoms with Gasteiger partial charge in [-0.15, -0.1) is 0 Å². The molecule has 0 spiro atoms. The molecule has 0 amide bonds. The molecule has 0 aliphatic carbocycles. The van der Waals surface area contributed by atoms with Crippen LogP contribution in [-0.4, -0.2) is 18.8 Å². The molecule has 0 aromatic rings. The fourth-order valence-electron chi connectivity index (χ4n) is 1.47. The second-order valence-electron chi connectivity index (χ2n) is 2.98. The fourth-order valence-corrected chi connectivity index (χ4v) is 1.47. The van der Waals surface area contributed by atoms with Crippen molar-refractivity contribution in [3.63, 3.8) is 0 Å². The third-order valence-corrected chi connectivity index (χ3v) is 2.18. The highest BCUT2D eigenvalue weighted by Gasteiger charge is 2.20. The van der Waals surface area contributed by atoms with Crippen molar-refractivity contribution in [1.29, 1.82) is 0 Å². The third-order valence-electron chi connectivity index (χ3n) is 2.18. The van der Waals surface area contributed by atoms with Crippen LogP contribution >= 0.6 is 0 Å². The maximum atomic E-state index is 13.0. The summed E-state index contributed by atoms with van der Waals surface area (Å²) in [6, 6.07) is 0.152. The van der Waals surface area contributed by atoms with Gasteiger partial charge in [0, 0.05) is 6.04 Å². The van der Waals surface area contributed by atoms with Crippen LogP contribution in [0.2, 0.25) is 0 Å². The Morgan fingerprint density at radius 2 is 2.40 bits per heavy atom. The summed E-state index contributed by atoms with van der Waals surface area (Å²) < 4.78 is 13.0. The summed E-state index contributed by atoms with van der Waals surface area (Å²) in [6.45, 7) is 2.91. The van der Waals surface area contributed by atoms with Crippen molar-refractivity contribution >= 4 is 0 Å². The van der Waals surface area contributed by atoms with Crippen molar-refractivity contribution in [2.24, 2.45) is 0 Å². The standard InChI is InChI=1S/C8H16FN/c1-2-7(9)8-5-3-4-6-10-8/h7-8,10H,2-6H2,1H3. The summed E-state index contributed by atoms with van der Waals surface area (Å²) in [5.41, 5.74) is 0. The van der Waals surface area contributed by atoms with E-state index in [1.165, 1.54) is 12.8 Å². The fraction of sp³-hybridized carbons (Fsp3) is 1.00. The van der Waals surface area contributed by atoms with Crippen LogP contribution in [0.25, 0.3) is 0 Å². The molecule has 1 heterocycles.